The summed E-state index contributed by atoms with van der Waals surface area (Å²) in [7, 11) is 0. The molecule has 0 aliphatic carbocycles. The third kappa shape index (κ3) is 4.20. The van der Waals surface area contributed by atoms with Crippen LogP contribution < -0.4 is 10.7 Å². The standard InChI is InChI=1S/C19H18N2O2.C3H8/c1-11-8-13(3)17(9-12(11)2)21-19(23)15-10-20-16-7-5-4-6-14(16)18(15)22;1-3-2/h4-10H,1-3H3,(H,20,22)(H,21,23);3H2,1-2H3. The van der Waals surface area contributed by atoms with Crippen molar-refractivity contribution in [2.75, 3.05) is 5.32 Å². The summed E-state index contributed by atoms with van der Waals surface area (Å²) in [5.41, 5.74) is 4.53. The largest absolute Gasteiger partial charge is 0.360 e. The van der Waals surface area contributed by atoms with Crippen molar-refractivity contribution >= 4 is 22.5 Å². The summed E-state index contributed by atoms with van der Waals surface area (Å²) in [5, 5.41) is 3.35. The number of hydrogen-bond acceptors (Lipinski definition) is 2. The maximum absolute atomic E-state index is 12.5. The molecule has 0 saturated carbocycles. The zero-order valence-corrected chi connectivity index (χ0v) is 16.1. The number of para-hydroxylation sites is 1. The van der Waals surface area contributed by atoms with Crippen molar-refractivity contribution in [2.24, 2.45) is 0 Å². The molecule has 0 saturated heterocycles. The Morgan fingerprint density at radius 1 is 1.00 bits per heavy atom. The van der Waals surface area contributed by atoms with Crippen LogP contribution in [-0.2, 0) is 0 Å². The topological polar surface area (TPSA) is 62.0 Å². The minimum atomic E-state index is -0.400. The molecular weight excluding hydrogens is 324 g/mol. The van der Waals surface area contributed by atoms with Crippen LogP contribution in [0.5, 0.6) is 0 Å². The van der Waals surface area contributed by atoms with Gasteiger partial charge in [-0.2, -0.15) is 0 Å². The molecule has 0 fully saturated rings. The number of pyridine rings is 1. The van der Waals surface area contributed by atoms with Crippen LogP contribution in [0.4, 0.5) is 5.69 Å². The number of rotatable bonds is 2. The third-order valence-corrected chi connectivity index (χ3v) is 4.12. The summed E-state index contributed by atoms with van der Waals surface area (Å²) in [6.45, 7) is 10.2. The molecule has 3 rings (SSSR count). The van der Waals surface area contributed by atoms with Crippen molar-refractivity contribution in [3.8, 4) is 0 Å². The molecule has 136 valence electrons. The minimum absolute atomic E-state index is 0.112. The second-order valence-electron chi connectivity index (χ2n) is 6.49. The summed E-state index contributed by atoms with van der Waals surface area (Å²) in [5.74, 6) is -0.400. The van der Waals surface area contributed by atoms with Gasteiger partial charge >= 0.3 is 0 Å². The summed E-state index contributed by atoms with van der Waals surface area (Å²) in [6, 6.07) is 11.1. The van der Waals surface area contributed by atoms with Gasteiger partial charge in [0.1, 0.15) is 5.56 Å². The molecule has 0 radical (unpaired) electrons. The lowest BCUT2D eigenvalue weighted by molar-refractivity contribution is 0.102. The fourth-order valence-electron chi connectivity index (χ4n) is 2.62. The van der Waals surface area contributed by atoms with E-state index in [1.54, 1.807) is 12.1 Å². The smallest absolute Gasteiger partial charge is 0.261 e. The van der Waals surface area contributed by atoms with E-state index in [-0.39, 0.29) is 11.0 Å². The molecule has 2 N–H and O–H groups in total. The highest BCUT2D eigenvalue weighted by molar-refractivity contribution is 6.06. The van der Waals surface area contributed by atoms with Gasteiger partial charge in [-0.1, -0.05) is 38.5 Å². The van der Waals surface area contributed by atoms with Gasteiger partial charge in [-0.05, 0) is 55.7 Å². The number of anilines is 1. The Balaban J connectivity index is 0.000000758. The van der Waals surface area contributed by atoms with E-state index in [9.17, 15) is 9.59 Å². The number of aromatic nitrogens is 1. The van der Waals surface area contributed by atoms with Crippen LogP contribution in [-0.4, -0.2) is 10.9 Å². The Morgan fingerprint density at radius 3 is 2.31 bits per heavy atom. The van der Waals surface area contributed by atoms with Crippen LogP contribution in [0.15, 0.2) is 47.4 Å². The molecule has 1 amide bonds. The molecule has 2 aromatic carbocycles. The molecule has 1 aromatic heterocycles. The van der Waals surface area contributed by atoms with Crippen molar-refractivity contribution in [2.45, 2.75) is 41.0 Å². The van der Waals surface area contributed by atoms with E-state index in [1.165, 1.54) is 18.2 Å². The molecule has 0 aliphatic rings. The predicted octanol–water partition coefficient (Wildman–Crippen LogP) is 5.12. The molecule has 4 nitrogen and oxygen atoms in total. The first-order valence-corrected chi connectivity index (χ1v) is 8.88. The van der Waals surface area contributed by atoms with Gasteiger partial charge in [0.2, 0.25) is 5.43 Å². The summed E-state index contributed by atoms with van der Waals surface area (Å²) < 4.78 is 0. The average molecular weight is 350 g/mol. The van der Waals surface area contributed by atoms with Crippen LogP contribution in [0.1, 0.15) is 47.3 Å². The van der Waals surface area contributed by atoms with Crippen molar-refractivity contribution in [1.82, 2.24) is 4.98 Å². The summed E-state index contributed by atoms with van der Waals surface area (Å²) in [4.78, 5) is 28.0. The SMILES string of the molecule is CCC.Cc1cc(C)c(NC(=O)c2c[nH]c3ccccc3c2=O)cc1C. The minimum Gasteiger partial charge on any atom is -0.360 e. The van der Waals surface area contributed by atoms with E-state index >= 15 is 0 Å². The molecule has 0 atom stereocenters. The highest BCUT2D eigenvalue weighted by atomic mass is 16.2. The van der Waals surface area contributed by atoms with E-state index in [0.29, 0.717) is 5.39 Å². The van der Waals surface area contributed by atoms with Gasteiger partial charge in [-0.3, -0.25) is 9.59 Å². The lowest BCUT2D eigenvalue weighted by Gasteiger charge is -2.11. The Hall–Kier alpha value is -2.88. The number of nitrogens with one attached hydrogen (secondary N) is 2. The van der Waals surface area contributed by atoms with Crippen molar-refractivity contribution in [1.29, 1.82) is 0 Å². The van der Waals surface area contributed by atoms with Crippen LogP contribution in [0.3, 0.4) is 0 Å². The van der Waals surface area contributed by atoms with Gasteiger partial charge < -0.3 is 10.3 Å². The van der Waals surface area contributed by atoms with E-state index in [0.717, 1.165) is 22.3 Å². The van der Waals surface area contributed by atoms with Crippen molar-refractivity contribution < 1.29 is 4.79 Å². The molecule has 4 heteroatoms. The average Bonchev–Trinajstić information content (AvgIpc) is 2.61. The van der Waals surface area contributed by atoms with E-state index in [4.69, 9.17) is 0 Å². The summed E-state index contributed by atoms with van der Waals surface area (Å²) >= 11 is 0. The number of aryl methyl sites for hydroxylation is 3. The second kappa shape index (κ2) is 8.48. The Bertz CT molecular complexity index is 987. The van der Waals surface area contributed by atoms with Gasteiger partial charge in [-0.25, -0.2) is 0 Å². The van der Waals surface area contributed by atoms with E-state index in [2.05, 4.69) is 24.1 Å². The highest BCUT2D eigenvalue weighted by Crippen LogP contribution is 2.20. The Kier molecular flexibility index (Phi) is 6.34. The fourth-order valence-corrected chi connectivity index (χ4v) is 2.62. The van der Waals surface area contributed by atoms with E-state index < -0.39 is 5.91 Å². The molecule has 0 spiro atoms. The Labute approximate surface area is 154 Å². The normalized spacial score (nSPS) is 10.2. The first-order valence-electron chi connectivity index (χ1n) is 8.88. The van der Waals surface area contributed by atoms with Crippen LogP contribution >= 0.6 is 0 Å². The van der Waals surface area contributed by atoms with Gasteiger partial charge in [0, 0.05) is 22.8 Å². The number of carbonyl (C=O) groups is 1. The zero-order valence-electron chi connectivity index (χ0n) is 16.1. The van der Waals surface area contributed by atoms with Crippen molar-refractivity contribution in [3.63, 3.8) is 0 Å². The number of H-pyrrole nitrogens is 1. The van der Waals surface area contributed by atoms with Crippen LogP contribution in [0.25, 0.3) is 10.9 Å². The fraction of sp³-hybridized carbons (Fsp3) is 0.273. The second-order valence-corrected chi connectivity index (χ2v) is 6.49. The van der Waals surface area contributed by atoms with E-state index in [1.807, 2.05) is 45.0 Å². The van der Waals surface area contributed by atoms with Crippen molar-refractivity contribution in [3.05, 3.63) is 75.1 Å². The quantitative estimate of drug-likeness (QED) is 0.673. The first kappa shape index (κ1) is 19.4. The molecule has 26 heavy (non-hydrogen) atoms. The van der Waals surface area contributed by atoms with Crippen LogP contribution in [0, 0.1) is 20.8 Å². The maximum Gasteiger partial charge on any atom is 0.261 e. The number of amides is 1. The van der Waals surface area contributed by atoms with Crippen LogP contribution in [0.2, 0.25) is 0 Å². The van der Waals surface area contributed by atoms with Gasteiger partial charge in [0.15, 0.2) is 0 Å². The van der Waals surface area contributed by atoms with Gasteiger partial charge in [0.25, 0.3) is 5.91 Å². The maximum atomic E-state index is 12.5. The van der Waals surface area contributed by atoms with Gasteiger partial charge in [-0.15, -0.1) is 0 Å². The number of benzene rings is 2. The number of hydrogen-bond donors (Lipinski definition) is 2. The lowest BCUT2D eigenvalue weighted by Crippen LogP contribution is -2.22. The number of fused-ring (bicyclic) bond motifs is 1. The highest BCUT2D eigenvalue weighted by Gasteiger charge is 2.14. The molecular formula is C22H26N2O2. The number of carbonyl (C=O) groups excluding carboxylic acids is 1. The van der Waals surface area contributed by atoms with Gasteiger partial charge in [0.05, 0.1) is 0 Å². The number of aromatic amines is 1. The molecule has 3 aromatic rings. The summed E-state index contributed by atoms with van der Waals surface area (Å²) in [6.07, 6.45) is 2.72. The predicted molar refractivity (Wildman–Crippen MR) is 109 cm³/mol. The third-order valence-electron chi connectivity index (χ3n) is 4.12. The Morgan fingerprint density at radius 2 is 1.62 bits per heavy atom. The molecule has 1 heterocycles. The molecule has 0 aliphatic heterocycles. The lowest BCUT2D eigenvalue weighted by atomic mass is 10.0. The molecule has 0 bridgehead atoms. The zero-order chi connectivity index (χ0) is 19.3. The molecule has 0 unspecified atom stereocenters. The monoisotopic (exact) mass is 350 g/mol. The first-order chi connectivity index (χ1) is 12.4.